The first-order valence-electron chi connectivity index (χ1n) is 4.13. The zero-order valence-corrected chi connectivity index (χ0v) is 7.36. The average Bonchev–Trinajstić information content (AvgIpc) is 2.67. The van der Waals surface area contributed by atoms with Gasteiger partial charge in [0.2, 0.25) is 5.78 Å². The van der Waals surface area contributed by atoms with Crippen LogP contribution in [0.3, 0.4) is 0 Å². The molecule has 1 atom stereocenters. The van der Waals surface area contributed by atoms with E-state index in [9.17, 15) is 5.11 Å². The molecule has 4 N–H and O–H groups in total. The molecule has 70 valence electrons. The van der Waals surface area contributed by atoms with Gasteiger partial charge in [-0.3, -0.25) is 4.40 Å². The van der Waals surface area contributed by atoms with Gasteiger partial charge in [-0.25, -0.2) is 4.98 Å². The second-order valence-electron chi connectivity index (χ2n) is 3.05. The predicted octanol–water partition coefficient (Wildman–Crippen LogP) is -0.0371. The van der Waals surface area contributed by atoms with Crippen molar-refractivity contribution < 1.29 is 5.11 Å². The summed E-state index contributed by atoms with van der Waals surface area (Å²) < 4.78 is 1.88. The number of fused-ring (bicyclic) bond motifs is 1. The smallest absolute Gasteiger partial charge is 0.211 e. The van der Waals surface area contributed by atoms with Crippen LogP contribution in [0.4, 0.5) is 0 Å². The Bertz CT molecular complexity index is 417. The van der Waals surface area contributed by atoms with E-state index >= 15 is 0 Å². The molecule has 0 radical (unpaired) electrons. The van der Waals surface area contributed by atoms with E-state index < -0.39 is 6.10 Å². The van der Waals surface area contributed by atoms with Gasteiger partial charge in [0.15, 0.2) is 0 Å². The Morgan fingerprint density at radius 1 is 1.77 bits per heavy atom. The molecule has 0 amide bonds. The number of aryl methyl sites for hydroxylation is 1. The van der Waals surface area contributed by atoms with Crippen LogP contribution in [0.5, 0.6) is 0 Å². The van der Waals surface area contributed by atoms with Gasteiger partial charge < -0.3 is 15.8 Å². The minimum atomic E-state index is -0.638. The molecule has 2 aromatic rings. The van der Waals surface area contributed by atoms with Gasteiger partial charge >= 0.3 is 0 Å². The zero-order valence-electron chi connectivity index (χ0n) is 7.36. The minimum absolute atomic E-state index is 0.211. The number of imidazole rings is 2. The van der Waals surface area contributed by atoms with Gasteiger partial charge in [0, 0.05) is 18.4 Å². The Kier molecular flexibility index (Phi) is 1.82. The highest BCUT2D eigenvalue weighted by Gasteiger charge is 2.10. The summed E-state index contributed by atoms with van der Waals surface area (Å²) in [6.45, 7) is 2.16. The molecule has 0 saturated carbocycles. The Hall–Kier alpha value is -1.33. The fourth-order valence-corrected chi connectivity index (χ4v) is 1.30. The van der Waals surface area contributed by atoms with Crippen LogP contribution in [0.15, 0.2) is 12.4 Å². The van der Waals surface area contributed by atoms with E-state index in [1.165, 1.54) is 0 Å². The summed E-state index contributed by atoms with van der Waals surface area (Å²) in [5, 5.41) is 9.44. The minimum Gasteiger partial charge on any atom is -0.386 e. The molecule has 2 aromatic heterocycles. The third-order valence-electron chi connectivity index (χ3n) is 2.09. The lowest BCUT2D eigenvalue weighted by Gasteiger charge is -2.02. The molecule has 5 nitrogen and oxygen atoms in total. The Balaban J connectivity index is 2.49. The van der Waals surface area contributed by atoms with Gasteiger partial charge in [-0.1, -0.05) is 0 Å². The molecule has 2 heterocycles. The molecule has 0 aliphatic carbocycles. The normalized spacial score (nSPS) is 13.8. The molecule has 0 spiro atoms. The maximum absolute atomic E-state index is 9.44. The number of nitrogens with two attached hydrogens (primary N) is 1. The van der Waals surface area contributed by atoms with Crippen molar-refractivity contribution in [3.8, 4) is 0 Å². The highest BCUT2D eigenvalue weighted by atomic mass is 16.3. The van der Waals surface area contributed by atoms with Crippen molar-refractivity contribution in [1.82, 2.24) is 14.4 Å². The van der Waals surface area contributed by atoms with Crippen molar-refractivity contribution in [2.75, 3.05) is 6.54 Å². The van der Waals surface area contributed by atoms with Crippen LogP contribution in [-0.2, 0) is 0 Å². The van der Waals surface area contributed by atoms with Crippen molar-refractivity contribution in [3.05, 3.63) is 23.8 Å². The van der Waals surface area contributed by atoms with Gasteiger partial charge in [-0.05, 0) is 6.92 Å². The molecule has 2 rings (SSSR count). The summed E-state index contributed by atoms with van der Waals surface area (Å²) in [5.74, 6) is 0.736. The molecule has 5 heteroatoms. The third kappa shape index (κ3) is 1.22. The maximum atomic E-state index is 9.44. The fourth-order valence-electron chi connectivity index (χ4n) is 1.30. The second kappa shape index (κ2) is 2.86. The van der Waals surface area contributed by atoms with Crippen molar-refractivity contribution in [3.63, 3.8) is 0 Å². The van der Waals surface area contributed by atoms with E-state index in [4.69, 9.17) is 5.73 Å². The summed E-state index contributed by atoms with van der Waals surface area (Å²) in [7, 11) is 0. The molecule has 0 fully saturated rings. The summed E-state index contributed by atoms with van der Waals surface area (Å²) >= 11 is 0. The average molecular weight is 180 g/mol. The molecule has 13 heavy (non-hydrogen) atoms. The second-order valence-corrected chi connectivity index (χ2v) is 3.05. The first-order chi connectivity index (χ1) is 6.22. The highest BCUT2D eigenvalue weighted by molar-refractivity contribution is 5.34. The van der Waals surface area contributed by atoms with Crippen LogP contribution in [0.25, 0.3) is 5.78 Å². The Morgan fingerprint density at radius 3 is 3.15 bits per heavy atom. The summed E-state index contributed by atoms with van der Waals surface area (Å²) in [5.41, 5.74) is 7.06. The van der Waals surface area contributed by atoms with Gasteiger partial charge in [-0.15, -0.1) is 0 Å². The van der Waals surface area contributed by atoms with Crippen molar-refractivity contribution >= 4 is 5.78 Å². The molecule has 0 aromatic carbocycles. The van der Waals surface area contributed by atoms with Crippen LogP contribution < -0.4 is 5.73 Å². The van der Waals surface area contributed by atoms with Gasteiger partial charge in [0.05, 0.1) is 11.9 Å². The summed E-state index contributed by atoms with van der Waals surface area (Å²) in [6, 6.07) is 0. The summed E-state index contributed by atoms with van der Waals surface area (Å²) in [4.78, 5) is 7.10. The van der Waals surface area contributed by atoms with Gasteiger partial charge in [0.25, 0.3) is 0 Å². The quantitative estimate of drug-likeness (QED) is 0.606. The Morgan fingerprint density at radius 2 is 2.54 bits per heavy atom. The number of aliphatic hydroxyl groups is 1. The van der Waals surface area contributed by atoms with E-state index in [-0.39, 0.29) is 6.54 Å². The molecular weight excluding hydrogens is 168 g/mol. The molecule has 1 unspecified atom stereocenters. The van der Waals surface area contributed by atoms with E-state index in [0.29, 0.717) is 5.69 Å². The SMILES string of the molecule is Cc1cnc2[nH]c(C(O)CN)cn12. The fraction of sp³-hybridized carbons (Fsp3) is 0.375. The number of hydrogen-bond donors (Lipinski definition) is 3. The largest absolute Gasteiger partial charge is 0.386 e. The van der Waals surface area contributed by atoms with Crippen LogP contribution in [-0.4, -0.2) is 26.0 Å². The molecule has 0 aliphatic heterocycles. The van der Waals surface area contributed by atoms with E-state index in [2.05, 4.69) is 9.97 Å². The highest BCUT2D eigenvalue weighted by Crippen LogP contribution is 2.12. The number of nitrogens with one attached hydrogen (secondary N) is 1. The van der Waals surface area contributed by atoms with Crippen LogP contribution >= 0.6 is 0 Å². The van der Waals surface area contributed by atoms with Gasteiger partial charge in [0.1, 0.15) is 6.10 Å². The van der Waals surface area contributed by atoms with E-state index in [1.807, 2.05) is 17.5 Å². The number of aliphatic hydroxyl groups excluding tert-OH is 1. The molecular formula is C8H12N4O. The standard InChI is InChI=1S/C8H12N4O/c1-5-3-10-8-11-6(4-12(5)8)7(13)2-9/h3-4,7,13H,2,9H2,1H3,(H,10,11). The number of aromatic amines is 1. The summed E-state index contributed by atoms with van der Waals surface area (Å²) in [6.07, 6.45) is 2.95. The lowest BCUT2D eigenvalue weighted by atomic mass is 10.3. The van der Waals surface area contributed by atoms with Crippen LogP contribution in [0, 0.1) is 6.92 Å². The van der Waals surface area contributed by atoms with Gasteiger partial charge in [-0.2, -0.15) is 0 Å². The molecule has 0 aliphatic rings. The lowest BCUT2D eigenvalue weighted by molar-refractivity contribution is 0.182. The number of hydrogen-bond acceptors (Lipinski definition) is 3. The van der Waals surface area contributed by atoms with Crippen molar-refractivity contribution in [1.29, 1.82) is 0 Å². The number of aromatic nitrogens is 3. The Labute approximate surface area is 75.2 Å². The number of H-pyrrole nitrogens is 1. The van der Waals surface area contributed by atoms with E-state index in [0.717, 1.165) is 11.5 Å². The number of rotatable bonds is 2. The van der Waals surface area contributed by atoms with Crippen LogP contribution in [0.1, 0.15) is 17.5 Å². The topological polar surface area (TPSA) is 79.3 Å². The lowest BCUT2D eigenvalue weighted by Crippen LogP contribution is -2.11. The first kappa shape index (κ1) is 8.28. The maximum Gasteiger partial charge on any atom is 0.211 e. The monoisotopic (exact) mass is 180 g/mol. The van der Waals surface area contributed by atoms with Crippen molar-refractivity contribution in [2.45, 2.75) is 13.0 Å². The predicted molar refractivity (Wildman–Crippen MR) is 48.3 cm³/mol. The molecule has 0 saturated heterocycles. The number of nitrogens with zero attached hydrogens (tertiary/aromatic N) is 2. The van der Waals surface area contributed by atoms with E-state index in [1.54, 1.807) is 6.20 Å². The molecule has 0 bridgehead atoms. The first-order valence-corrected chi connectivity index (χ1v) is 4.13. The van der Waals surface area contributed by atoms with Crippen molar-refractivity contribution in [2.24, 2.45) is 5.73 Å². The van der Waals surface area contributed by atoms with Crippen LogP contribution in [0.2, 0.25) is 0 Å². The zero-order chi connectivity index (χ0) is 9.42. The third-order valence-corrected chi connectivity index (χ3v) is 2.09.